The Balaban J connectivity index is 1.56. The van der Waals surface area contributed by atoms with Gasteiger partial charge in [-0.3, -0.25) is 14.9 Å². The molecule has 0 aliphatic rings. The first kappa shape index (κ1) is 21.7. The first-order valence-electron chi connectivity index (χ1n) is 9.78. The molecule has 0 spiro atoms. The average Bonchev–Trinajstić information content (AvgIpc) is 3.46. The number of aromatic nitrogens is 4. The van der Waals surface area contributed by atoms with Crippen molar-refractivity contribution in [3.63, 3.8) is 0 Å². The molecule has 162 valence electrons. The Bertz CT molecular complexity index is 1210. The summed E-state index contributed by atoms with van der Waals surface area (Å²) in [6, 6.07) is 19.1. The number of carbonyl (C=O) groups is 2. The van der Waals surface area contributed by atoms with E-state index in [4.69, 9.17) is 4.74 Å². The minimum absolute atomic E-state index is 0.137. The van der Waals surface area contributed by atoms with Gasteiger partial charge in [0.2, 0.25) is 5.13 Å². The van der Waals surface area contributed by atoms with E-state index in [1.54, 1.807) is 17.8 Å². The van der Waals surface area contributed by atoms with Crippen LogP contribution in [0.4, 0.5) is 5.13 Å². The lowest BCUT2D eigenvalue weighted by molar-refractivity contribution is -0.139. The normalized spacial score (nSPS) is 10.7. The summed E-state index contributed by atoms with van der Waals surface area (Å²) in [5.74, 6) is -0.526. The Morgan fingerprint density at radius 1 is 1.06 bits per heavy atom. The number of para-hydroxylation sites is 1. The van der Waals surface area contributed by atoms with Gasteiger partial charge in [0.05, 0.1) is 23.6 Å². The van der Waals surface area contributed by atoms with E-state index in [9.17, 15) is 9.59 Å². The lowest BCUT2D eigenvalue weighted by atomic mass is 10.1. The molecule has 4 aromatic rings. The van der Waals surface area contributed by atoms with Crippen molar-refractivity contribution in [2.24, 2.45) is 0 Å². The summed E-state index contributed by atoms with van der Waals surface area (Å²) in [7, 11) is 0. The lowest BCUT2D eigenvalue weighted by Crippen LogP contribution is -2.12. The number of carbonyl (C=O) groups excluding carboxylic acids is 2. The van der Waals surface area contributed by atoms with E-state index >= 15 is 0 Å². The summed E-state index contributed by atoms with van der Waals surface area (Å²) in [5.41, 5.74) is 2.65. The average molecular weight is 466 g/mol. The number of anilines is 1. The fourth-order valence-corrected chi connectivity index (χ4v) is 4.41. The Morgan fingerprint density at radius 2 is 1.78 bits per heavy atom. The van der Waals surface area contributed by atoms with Crippen LogP contribution >= 0.6 is 23.1 Å². The molecule has 32 heavy (non-hydrogen) atoms. The van der Waals surface area contributed by atoms with Gasteiger partial charge in [0.15, 0.2) is 4.34 Å². The van der Waals surface area contributed by atoms with Crippen molar-refractivity contribution < 1.29 is 14.3 Å². The summed E-state index contributed by atoms with van der Waals surface area (Å²) >= 11 is 2.41. The quantitative estimate of drug-likeness (QED) is 0.235. The molecule has 0 fully saturated rings. The maximum Gasteiger partial charge on any atom is 0.316 e. The molecule has 2 aromatic heterocycles. The van der Waals surface area contributed by atoms with E-state index < -0.39 is 0 Å². The number of nitrogens with one attached hydrogen (secondary N) is 1. The van der Waals surface area contributed by atoms with Crippen LogP contribution in [0.2, 0.25) is 0 Å². The van der Waals surface area contributed by atoms with Crippen LogP contribution in [0.15, 0.2) is 71.2 Å². The van der Waals surface area contributed by atoms with Crippen molar-refractivity contribution >= 4 is 40.1 Å². The minimum Gasteiger partial charge on any atom is -0.465 e. The maximum atomic E-state index is 13.1. The Kier molecular flexibility index (Phi) is 6.93. The molecule has 0 saturated carbocycles. The zero-order chi connectivity index (χ0) is 22.3. The second-order valence-corrected chi connectivity index (χ2v) is 8.66. The number of amides is 1. The number of benzene rings is 2. The summed E-state index contributed by atoms with van der Waals surface area (Å²) < 4.78 is 7.15. The van der Waals surface area contributed by atoms with Crippen LogP contribution in [-0.2, 0) is 9.53 Å². The number of esters is 1. The molecule has 0 bridgehead atoms. The van der Waals surface area contributed by atoms with Gasteiger partial charge in [0.25, 0.3) is 5.91 Å². The van der Waals surface area contributed by atoms with Gasteiger partial charge in [-0.25, -0.2) is 4.68 Å². The molecular weight excluding hydrogens is 446 g/mol. The number of nitrogens with zero attached hydrogens (tertiary/aromatic N) is 4. The van der Waals surface area contributed by atoms with Crippen LogP contribution in [-0.4, -0.2) is 44.2 Å². The van der Waals surface area contributed by atoms with Crippen molar-refractivity contribution in [3.8, 4) is 16.9 Å². The standard InChI is InChI=1S/C22H19N5O3S2/c1-2-30-18(28)14-31-22-25-24-21(32-22)23-20(29)17-13-27(16-11-7-4-8-12-16)26-19(17)15-9-5-3-6-10-15/h3-13H,2,14H2,1H3,(H,23,24,29). The number of hydrogen-bond acceptors (Lipinski definition) is 8. The third-order valence-corrected chi connectivity index (χ3v) is 6.22. The van der Waals surface area contributed by atoms with Crippen LogP contribution in [0.1, 0.15) is 17.3 Å². The zero-order valence-corrected chi connectivity index (χ0v) is 18.7. The van der Waals surface area contributed by atoms with Gasteiger partial charge < -0.3 is 4.74 Å². The molecule has 0 aliphatic heterocycles. The number of rotatable bonds is 8. The maximum absolute atomic E-state index is 13.1. The van der Waals surface area contributed by atoms with Crippen LogP contribution in [0.3, 0.4) is 0 Å². The third-order valence-electron chi connectivity index (χ3n) is 4.27. The molecule has 0 unspecified atom stereocenters. The molecule has 2 aromatic carbocycles. The van der Waals surface area contributed by atoms with Gasteiger partial charge >= 0.3 is 5.97 Å². The topological polar surface area (TPSA) is 99.0 Å². The van der Waals surface area contributed by atoms with Crippen molar-refractivity contribution in [2.75, 3.05) is 17.7 Å². The van der Waals surface area contributed by atoms with E-state index in [2.05, 4.69) is 20.6 Å². The second-order valence-electron chi connectivity index (χ2n) is 6.46. The van der Waals surface area contributed by atoms with Crippen LogP contribution in [0, 0.1) is 0 Å². The third kappa shape index (κ3) is 5.21. The van der Waals surface area contributed by atoms with Crippen LogP contribution < -0.4 is 5.32 Å². The van der Waals surface area contributed by atoms with Crippen molar-refractivity contribution in [3.05, 3.63) is 72.4 Å². The molecule has 0 saturated heterocycles. The zero-order valence-electron chi connectivity index (χ0n) is 17.1. The molecule has 4 rings (SSSR count). The summed E-state index contributed by atoms with van der Waals surface area (Å²) in [6.45, 7) is 2.09. The highest BCUT2D eigenvalue weighted by molar-refractivity contribution is 8.01. The Labute approximate surface area is 192 Å². The predicted molar refractivity (Wildman–Crippen MR) is 124 cm³/mol. The van der Waals surface area contributed by atoms with Gasteiger partial charge in [-0.15, -0.1) is 10.2 Å². The highest BCUT2D eigenvalue weighted by atomic mass is 32.2. The molecule has 0 aliphatic carbocycles. The molecular formula is C22H19N5O3S2. The van der Waals surface area contributed by atoms with E-state index in [0.717, 1.165) is 11.3 Å². The van der Waals surface area contributed by atoms with E-state index in [-0.39, 0.29) is 17.6 Å². The largest absolute Gasteiger partial charge is 0.465 e. The van der Waals surface area contributed by atoms with Gasteiger partial charge in [-0.05, 0) is 19.1 Å². The summed E-state index contributed by atoms with van der Waals surface area (Å²) in [5, 5.41) is 15.8. The first-order chi connectivity index (χ1) is 15.6. The highest BCUT2D eigenvalue weighted by Gasteiger charge is 2.20. The molecule has 2 heterocycles. The SMILES string of the molecule is CCOC(=O)CSc1nnc(NC(=O)c2cn(-c3ccccc3)nc2-c2ccccc2)s1. The Morgan fingerprint density at radius 3 is 2.50 bits per heavy atom. The van der Waals surface area contributed by atoms with E-state index in [1.807, 2.05) is 60.7 Å². The molecule has 10 heteroatoms. The minimum atomic E-state index is -0.343. The Hall–Kier alpha value is -3.50. The second kappa shape index (κ2) is 10.2. The highest BCUT2D eigenvalue weighted by Crippen LogP contribution is 2.28. The molecule has 0 atom stereocenters. The molecule has 1 amide bonds. The molecule has 8 nitrogen and oxygen atoms in total. The van der Waals surface area contributed by atoms with Crippen molar-refractivity contribution in [2.45, 2.75) is 11.3 Å². The monoisotopic (exact) mass is 465 g/mol. The van der Waals surface area contributed by atoms with Crippen LogP contribution in [0.5, 0.6) is 0 Å². The van der Waals surface area contributed by atoms with Gasteiger partial charge in [-0.2, -0.15) is 5.10 Å². The smallest absolute Gasteiger partial charge is 0.316 e. The number of thioether (sulfide) groups is 1. The summed E-state index contributed by atoms with van der Waals surface area (Å²) in [4.78, 5) is 24.6. The fourth-order valence-electron chi connectivity index (χ4n) is 2.87. The predicted octanol–water partition coefficient (Wildman–Crippen LogP) is 4.30. The lowest BCUT2D eigenvalue weighted by Gasteiger charge is -2.02. The van der Waals surface area contributed by atoms with Crippen LogP contribution in [0.25, 0.3) is 16.9 Å². The molecule has 0 radical (unpaired) electrons. The van der Waals surface area contributed by atoms with Gasteiger partial charge in [0, 0.05) is 11.8 Å². The molecule has 1 N–H and O–H groups in total. The van der Waals surface area contributed by atoms with Crippen molar-refractivity contribution in [1.29, 1.82) is 0 Å². The first-order valence-corrected chi connectivity index (χ1v) is 11.6. The summed E-state index contributed by atoms with van der Waals surface area (Å²) in [6.07, 6.45) is 1.70. The fraction of sp³-hybridized carbons (Fsp3) is 0.136. The van der Waals surface area contributed by atoms with E-state index in [0.29, 0.717) is 27.3 Å². The van der Waals surface area contributed by atoms with E-state index in [1.165, 1.54) is 23.1 Å². The van der Waals surface area contributed by atoms with Crippen molar-refractivity contribution in [1.82, 2.24) is 20.0 Å². The number of ether oxygens (including phenoxy) is 1. The van der Waals surface area contributed by atoms with Gasteiger partial charge in [-0.1, -0.05) is 71.6 Å². The number of hydrogen-bond donors (Lipinski definition) is 1. The van der Waals surface area contributed by atoms with Gasteiger partial charge in [0.1, 0.15) is 5.69 Å².